The molecule has 0 unspecified atom stereocenters. The van der Waals surface area contributed by atoms with E-state index in [9.17, 15) is 4.79 Å². The first-order valence-electron chi connectivity index (χ1n) is 6.36. The average Bonchev–Trinajstić information content (AvgIpc) is 2.35. The molecule has 1 aromatic rings. The molecule has 4 nitrogen and oxygen atoms in total. The summed E-state index contributed by atoms with van der Waals surface area (Å²) in [5, 5.41) is 2.87. The Kier molecular flexibility index (Phi) is 5.53. The Hall–Kier alpha value is -1.86. The topological polar surface area (TPSA) is 68.0 Å². The molecule has 0 saturated heterocycles. The van der Waals surface area contributed by atoms with Gasteiger partial charge in [0.05, 0.1) is 12.1 Å². The minimum atomic E-state index is -0.189. The molecule has 102 valence electrons. The standard InChI is InChI=1S/C15H21N3O/c1-15(2,3)8-11-18-14(19)13-12(6-4-9-16)7-5-10-17-13/h5,7,10H,8-9,11,16H2,1-3H3,(H,18,19). The fourth-order valence-corrected chi connectivity index (χ4v) is 1.47. The van der Waals surface area contributed by atoms with Gasteiger partial charge in [-0.1, -0.05) is 32.6 Å². The third kappa shape index (κ3) is 5.54. The lowest BCUT2D eigenvalue weighted by Crippen LogP contribution is -2.28. The van der Waals surface area contributed by atoms with Crippen LogP contribution in [0.1, 0.15) is 43.2 Å². The number of nitrogens with one attached hydrogen (secondary N) is 1. The summed E-state index contributed by atoms with van der Waals surface area (Å²) in [6.45, 7) is 7.30. The minimum Gasteiger partial charge on any atom is -0.351 e. The molecule has 0 aliphatic heterocycles. The van der Waals surface area contributed by atoms with Gasteiger partial charge in [0, 0.05) is 12.7 Å². The second-order valence-electron chi connectivity index (χ2n) is 5.47. The van der Waals surface area contributed by atoms with Crippen molar-refractivity contribution in [3.63, 3.8) is 0 Å². The zero-order chi connectivity index (χ0) is 14.3. The van der Waals surface area contributed by atoms with Crippen molar-refractivity contribution in [3.05, 3.63) is 29.6 Å². The predicted molar refractivity (Wildman–Crippen MR) is 76.6 cm³/mol. The maximum absolute atomic E-state index is 12.0. The van der Waals surface area contributed by atoms with E-state index in [-0.39, 0.29) is 17.9 Å². The quantitative estimate of drug-likeness (QED) is 0.809. The van der Waals surface area contributed by atoms with E-state index in [2.05, 4.69) is 42.9 Å². The van der Waals surface area contributed by atoms with Gasteiger partial charge >= 0.3 is 0 Å². The fraction of sp³-hybridized carbons (Fsp3) is 0.467. The van der Waals surface area contributed by atoms with E-state index < -0.39 is 0 Å². The van der Waals surface area contributed by atoms with Crippen molar-refractivity contribution < 1.29 is 4.79 Å². The zero-order valence-electron chi connectivity index (χ0n) is 11.8. The van der Waals surface area contributed by atoms with Crippen molar-refractivity contribution >= 4 is 5.91 Å². The van der Waals surface area contributed by atoms with Gasteiger partial charge < -0.3 is 11.1 Å². The molecule has 4 heteroatoms. The SMILES string of the molecule is CC(C)(C)CCNC(=O)c1ncccc1C#CCN. The van der Waals surface area contributed by atoms with Gasteiger partial charge in [0.1, 0.15) is 5.69 Å². The predicted octanol–water partition coefficient (Wildman–Crippen LogP) is 1.56. The van der Waals surface area contributed by atoms with E-state index >= 15 is 0 Å². The monoisotopic (exact) mass is 259 g/mol. The number of carbonyl (C=O) groups is 1. The van der Waals surface area contributed by atoms with Crippen LogP contribution in [0, 0.1) is 17.3 Å². The van der Waals surface area contributed by atoms with Gasteiger partial charge in [-0.25, -0.2) is 4.98 Å². The number of rotatable bonds is 3. The van der Waals surface area contributed by atoms with Crippen LogP contribution in [0.15, 0.2) is 18.3 Å². The van der Waals surface area contributed by atoms with E-state index in [1.807, 2.05) is 0 Å². The van der Waals surface area contributed by atoms with Gasteiger partial charge in [-0.05, 0) is 24.0 Å². The number of hydrogen-bond donors (Lipinski definition) is 2. The van der Waals surface area contributed by atoms with Gasteiger partial charge in [0.15, 0.2) is 0 Å². The summed E-state index contributed by atoms with van der Waals surface area (Å²) < 4.78 is 0. The van der Waals surface area contributed by atoms with E-state index in [0.29, 0.717) is 17.8 Å². The number of nitrogens with two attached hydrogens (primary N) is 1. The highest BCUT2D eigenvalue weighted by Gasteiger charge is 2.13. The number of pyridine rings is 1. The van der Waals surface area contributed by atoms with Crippen LogP contribution in [0.3, 0.4) is 0 Å². The van der Waals surface area contributed by atoms with Gasteiger partial charge in [-0.15, -0.1) is 0 Å². The molecule has 1 amide bonds. The van der Waals surface area contributed by atoms with Crippen LogP contribution >= 0.6 is 0 Å². The lowest BCUT2D eigenvalue weighted by atomic mass is 9.92. The molecule has 0 aromatic carbocycles. The van der Waals surface area contributed by atoms with E-state index in [1.54, 1.807) is 18.3 Å². The highest BCUT2D eigenvalue weighted by Crippen LogP contribution is 2.17. The Morgan fingerprint density at radius 2 is 2.21 bits per heavy atom. The molecule has 1 heterocycles. The van der Waals surface area contributed by atoms with Gasteiger partial charge in [0.25, 0.3) is 5.91 Å². The molecule has 1 rings (SSSR count). The summed E-state index contributed by atoms with van der Waals surface area (Å²) >= 11 is 0. The highest BCUT2D eigenvalue weighted by atomic mass is 16.1. The summed E-state index contributed by atoms with van der Waals surface area (Å²) in [6, 6.07) is 3.53. The van der Waals surface area contributed by atoms with Crippen LogP contribution in [0.25, 0.3) is 0 Å². The molecular formula is C15H21N3O. The number of carbonyl (C=O) groups excluding carboxylic acids is 1. The maximum Gasteiger partial charge on any atom is 0.271 e. The number of amides is 1. The molecular weight excluding hydrogens is 238 g/mol. The van der Waals surface area contributed by atoms with Gasteiger partial charge in [0.2, 0.25) is 0 Å². The lowest BCUT2D eigenvalue weighted by molar-refractivity contribution is 0.0944. The second kappa shape index (κ2) is 6.91. The summed E-state index contributed by atoms with van der Waals surface area (Å²) in [5.74, 6) is 5.41. The van der Waals surface area contributed by atoms with Crippen molar-refractivity contribution in [3.8, 4) is 11.8 Å². The van der Waals surface area contributed by atoms with Crippen molar-refractivity contribution in [1.82, 2.24) is 10.3 Å². The van der Waals surface area contributed by atoms with Crippen LogP contribution in [-0.4, -0.2) is 24.0 Å². The Morgan fingerprint density at radius 3 is 2.84 bits per heavy atom. The minimum absolute atomic E-state index is 0.189. The number of nitrogens with zero attached hydrogens (tertiary/aromatic N) is 1. The molecule has 0 aliphatic rings. The van der Waals surface area contributed by atoms with Crippen LogP contribution in [0.4, 0.5) is 0 Å². The third-order valence-corrected chi connectivity index (χ3v) is 2.51. The van der Waals surface area contributed by atoms with Crippen LogP contribution in [0.2, 0.25) is 0 Å². The summed E-state index contributed by atoms with van der Waals surface area (Å²) in [7, 11) is 0. The fourth-order valence-electron chi connectivity index (χ4n) is 1.47. The Morgan fingerprint density at radius 1 is 1.47 bits per heavy atom. The van der Waals surface area contributed by atoms with Gasteiger partial charge in [-0.3, -0.25) is 4.79 Å². The first-order chi connectivity index (χ1) is 8.94. The summed E-state index contributed by atoms with van der Waals surface area (Å²) in [4.78, 5) is 16.1. The van der Waals surface area contributed by atoms with Crippen molar-refractivity contribution in [2.45, 2.75) is 27.2 Å². The second-order valence-corrected chi connectivity index (χ2v) is 5.47. The Bertz CT molecular complexity index is 492. The van der Waals surface area contributed by atoms with E-state index in [0.717, 1.165) is 6.42 Å². The summed E-state index contributed by atoms with van der Waals surface area (Å²) in [6.07, 6.45) is 2.50. The maximum atomic E-state index is 12.0. The number of hydrogen-bond acceptors (Lipinski definition) is 3. The smallest absolute Gasteiger partial charge is 0.271 e. The average molecular weight is 259 g/mol. The molecule has 0 spiro atoms. The van der Waals surface area contributed by atoms with E-state index in [4.69, 9.17) is 5.73 Å². The molecule has 1 aromatic heterocycles. The van der Waals surface area contributed by atoms with Crippen molar-refractivity contribution in [1.29, 1.82) is 0 Å². The molecule has 0 aliphatic carbocycles. The molecule has 0 fully saturated rings. The van der Waals surface area contributed by atoms with Crippen LogP contribution in [0.5, 0.6) is 0 Å². The van der Waals surface area contributed by atoms with Gasteiger partial charge in [-0.2, -0.15) is 0 Å². The largest absolute Gasteiger partial charge is 0.351 e. The molecule has 3 N–H and O–H groups in total. The molecule has 0 saturated carbocycles. The normalized spacial score (nSPS) is 10.5. The highest BCUT2D eigenvalue weighted by molar-refractivity contribution is 5.94. The first kappa shape index (κ1) is 15.2. The van der Waals surface area contributed by atoms with E-state index in [1.165, 1.54) is 0 Å². The Labute approximate surface area is 114 Å². The molecule has 0 bridgehead atoms. The first-order valence-corrected chi connectivity index (χ1v) is 6.36. The van der Waals surface area contributed by atoms with Crippen molar-refractivity contribution in [2.75, 3.05) is 13.1 Å². The molecule has 0 radical (unpaired) electrons. The molecule has 19 heavy (non-hydrogen) atoms. The summed E-state index contributed by atoms with van der Waals surface area (Å²) in [5.41, 5.74) is 6.50. The van der Waals surface area contributed by atoms with Crippen LogP contribution in [-0.2, 0) is 0 Å². The van der Waals surface area contributed by atoms with Crippen LogP contribution < -0.4 is 11.1 Å². The number of aromatic nitrogens is 1. The zero-order valence-corrected chi connectivity index (χ0v) is 11.8. The molecule has 0 atom stereocenters. The lowest BCUT2D eigenvalue weighted by Gasteiger charge is -2.18. The van der Waals surface area contributed by atoms with Crippen molar-refractivity contribution in [2.24, 2.45) is 11.1 Å². The third-order valence-electron chi connectivity index (χ3n) is 2.51. The Balaban J connectivity index is 2.72.